The summed E-state index contributed by atoms with van der Waals surface area (Å²) in [4.78, 5) is 11.2. The second kappa shape index (κ2) is 5.81. The van der Waals surface area contributed by atoms with Gasteiger partial charge in [-0.05, 0) is 32.4 Å². The number of allylic oxidation sites excluding steroid dienone is 3. The largest absolute Gasteiger partial charge is 0.469 e. The van der Waals surface area contributed by atoms with Gasteiger partial charge in [0.25, 0.3) is 0 Å². The van der Waals surface area contributed by atoms with Gasteiger partial charge in [0, 0.05) is 5.03 Å². The maximum atomic E-state index is 11.2. The minimum absolute atomic E-state index is 0.248. The van der Waals surface area contributed by atoms with Crippen molar-refractivity contribution >= 4 is 17.6 Å². The predicted molar refractivity (Wildman–Crippen MR) is 54.5 cm³/mol. The van der Waals surface area contributed by atoms with E-state index in [9.17, 15) is 4.79 Å². The lowest BCUT2D eigenvalue weighted by Gasteiger charge is -2.09. The molecule has 0 spiro atoms. The molecule has 0 heterocycles. The van der Waals surface area contributed by atoms with Crippen molar-refractivity contribution in [3.63, 3.8) is 0 Å². The van der Waals surface area contributed by atoms with Crippen molar-refractivity contribution in [1.82, 2.24) is 0 Å². The van der Waals surface area contributed by atoms with Crippen LogP contribution in [0.15, 0.2) is 22.8 Å². The Bertz CT molecular complexity index is 237. The number of hydrogen-bond acceptors (Lipinski definition) is 2. The lowest BCUT2D eigenvalue weighted by Crippen LogP contribution is -2.14. The molecule has 0 aliphatic carbocycles. The molecule has 0 aromatic heterocycles. The molecule has 0 fully saturated rings. The molecule has 0 aliphatic rings. The molecular weight excluding hydrogens is 188 g/mol. The summed E-state index contributed by atoms with van der Waals surface area (Å²) in [6.45, 7) is 5.43. The summed E-state index contributed by atoms with van der Waals surface area (Å²) in [5.74, 6) is -0.508. The Labute approximate surface area is 84.2 Å². The van der Waals surface area contributed by atoms with Gasteiger partial charge in [0.1, 0.15) is 0 Å². The molecular formula is C10H15ClO2. The predicted octanol–water partition coefficient (Wildman–Crippen LogP) is 2.88. The number of methoxy groups -OCH3 is 1. The van der Waals surface area contributed by atoms with Crippen LogP contribution < -0.4 is 0 Å². The van der Waals surface area contributed by atoms with Crippen LogP contribution in [0.3, 0.4) is 0 Å². The average Bonchev–Trinajstić information content (AvgIpc) is 2.11. The highest BCUT2D eigenvalue weighted by molar-refractivity contribution is 6.29. The first kappa shape index (κ1) is 12.2. The van der Waals surface area contributed by atoms with Gasteiger partial charge in [-0.3, -0.25) is 4.79 Å². The van der Waals surface area contributed by atoms with Crippen LogP contribution in [0, 0.1) is 5.92 Å². The normalized spacial score (nSPS) is 15.5. The first-order valence-corrected chi connectivity index (χ1v) is 4.48. The highest BCUT2D eigenvalue weighted by Gasteiger charge is 2.15. The van der Waals surface area contributed by atoms with E-state index < -0.39 is 0 Å². The number of rotatable bonds is 3. The molecule has 0 aromatic rings. The highest BCUT2D eigenvalue weighted by Crippen LogP contribution is 2.16. The summed E-state index contributed by atoms with van der Waals surface area (Å²) < 4.78 is 4.62. The maximum absolute atomic E-state index is 11.2. The topological polar surface area (TPSA) is 26.3 Å². The zero-order valence-corrected chi connectivity index (χ0v) is 9.18. The fraction of sp³-hybridized carbons (Fsp3) is 0.500. The molecule has 13 heavy (non-hydrogen) atoms. The first-order valence-electron chi connectivity index (χ1n) is 4.10. The molecule has 2 nitrogen and oxygen atoms in total. The SMILES string of the molecule is CC=C(C=C(C)Cl)C(C)C(=O)OC. The van der Waals surface area contributed by atoms with Crippen LogP contribution >= 0.6 is 11.6 Å². The zero-order valence-electron chi connectivity index (χ0n) is 8.43. The van der Waals surface area contributed by atoms with Gasteiger partial charge in [-0.1, -0.05) is 17.7 Å². The van der Waals surface area contributed by atoms with Crippen LogP contribution in [-0.4, -0.2) is 13.1 Å². The lowest BCUT2D eigenvalue weighted by atomic mass is 10.0. The molecule has 1 atom stereocenters. The van der Waals surface area contributed by atoms with Crippen molar-refractivity contribution in [2.45, 2.75) is 20.8 Å². The Morgan fingerprint density at radius 3 is 2.38 bits per heavy atom. The van der Waals surface area contributed by atoms with Gasteiger partial charge in [-0.2, -0.15) is 0 Å². The van der Waals surface area contributed by atoms with E-state index in [0.29, 0.717) is 5.03 Å². The Kier molecular flexibility index (Phi) is 5.47. The Hall–Kier alpha value is -0.760. The van der Waals surface area contributed by atoms with Gasteiger partial charge in [0.05, 0.1) is 13.0 Å². The number of carbonyl (C=O) groups is 1. The van der Waals surface area contributed by atoms with Gasteiger partial charge in [0.15, 0.2) is 0 Å². The Balaban J connectivity index is 4.62. The summed E-state index contributed by atoms with van der Waals surface area (Å²) in [5, 5.41) is 0.656. The van der Waals surface area contributed by atoms with Crippen molar-refractivity contribution in [1.29, 1.82) is 0 Å². The molecule has 0 saturated carbocycles. The molecule has 0 bridgehead atoms. The van der Waals surface area contributed by atoms with Crippen LogP contribution in [0.5, 0.6) is 0 Å². The van der Waals surface area contributed by atoms with Gasteiger partial charge in [0.2, 0.25) is 0 Å². The van der Waals surface area contributed by atoms with E-state index in [1.165, 1.54) is 7.11 Å². The Morgan fingerprint density at radius 2 is 2.08 bits per heavy atom. The van der Waals surface area contributed by atoms with Gasteiger partial charge in [-0.25, -0.2) is 0 Å². The van der Waals surface area contributed by atoms with Gasteiger partial charge < -0.3 is 4.74 Å². The van der Waals surface area contributed by atoms with Crippen molar-refractivity contribution in [3.05, 3.63) is 22.8 Å². The third-order valence-corrected chi connectivity index (χ3v) is 1.86. The van der Waals surface area contributed by atoms with Crippen molar-refractivity contribution in [2.75, 3.05) is 7.11 Å². The number of halogens is 1. The van der Waals surface area contributed by atoms with Crippen LogP contribution in [0.2, 0.25) is 0 Å². The third kappa shape index (κ3) is 4.13. The fourth-order valence-electron chi connectivity index (χ4n) is 1.00. The zero-order chi connectivity index (χ0) is 10.4. The smallest absolute Gasteiger partial charge is 0.312 e. The van der Waals surface area contributed by atoms with Crippen molar-refractivity contribution < 1.29 is 9.53 Å². The number of esters is 1. The standard InChI is InChI=1S/C10H15ClO2/c1-5-9(6-7(2)11)8(3)10(12)13-4/h5-6,8H,1-4H3. The van der Waals surface area contributed by atoms with E-state index in [0.717, 1.165) is 5.57 Å². The minimum Gasteiger partial charge on any atom is -0.469 e. The molecule has 0 saturated heterocycles. The fourth-order valence-corrected chi connectivity index (χ4v) is 1.13. The average molecular weight is 203 g/mol. The van der Waals surface area contributed by atoms with E-state index in [4.69, 9.17) is 11.6 Å². The molecule has 1 unspecified atom stereocenters. The maximum Gasteiger partial charge on any atom is 0.312 e. The number of carbonyl (C=O) groups excluding carboxylic acids is 1. The molecule has 3 heteroatoms. The summed E-state index contributed by atoms with van der Waals surface area (Å²) in [5.41, 5.74) is 0.874. The van der Waals surface area contributed by atoms with Crippen molar-refractivity contribution in [3.8, 4) is 0 Å². The first-order chi connectivity index (χ1) is 6.02. The molecule has 0 radical (unpaired) electrons. The quantitative estimate of drug-likeness (QED) is 0.520. The Morgan fingerprint density at radius 1 is 1.54 bits per heavy atom. The second-order valence-corrected chi connectivity index (χ2v) is 3.36. The number of hydrogen-bond donors (Lipinski definition) is 0. The molecule has 0 aliphatic heterocycles. The van der Waals surface area contributed by atoms with Crippen LogP contribution in [0.4, 0.5) is 0 Å². The van der Waals surface area contributed by atoms with E-state index in [1.54, 1.807) is 19.9 Å². The highest BCUT2D eigenvalue weighted by atomic mass is 35.5. The molecule has 0 rings (SSSR count). The van der Waals surface area contributed by atoms with Gasteiger partial charge >= 0.3 is 5.97 Å². The summed E-state index contributed by atoms with van der Waals surface area (Å²) in [6, 6.07) is 0. The summed E-state index contributed by atoms with van der Waals surface area (Å²) >= 11 is 5.71. The van der Waals surface area contributed by atoms with Crippen LogP contribution in [0.1, 0.15) is 20.8 Å². The van der Waals surface area contributed by atoms with Crippen molar-refractivity contribution in [2.24, 2.45) is 5.92 Å². The van der Waals surface area contributed by atoms with E-state index >= 15 is 0 Å². The van der Waals surface area contributed by atoms with E-state index in [-0.39, 0.29) is 11.9 Å². The van der Waals surface area contributed by atoms with E-state index in [2.05, 4.69) is 4.74 Å². The van der Waals surface area contributed by atoms with Gasteiger partial charge in [-0.15, -0.1) is 0 Å². The minimum atomic E-state index is -0.260. The second-order valence-electron chi connectivity index (χ2n) is 2.76. The number of ether oxygens (including phenoxy) is 1. The third-order valence-electron chi connectivity index (χ3n) is 1.75. The molecule has 74 valence electrons. The molecule has 0 N–H and O–H groups in total. The molecule has 0 aromatic carbocycles. The lowest BCUT2D eigenvalue weighted by molar-refractivity contribution is -0.143. The summed E-state index contributed by atoms with van der Waals surface area (Å²) in [6.07, 6.45) is 3.62. The van der Waals surface area contributed by atoms with E-state index in [1.807, 2.05) is 13.0 Å². The summed E-state index contributed by atoms with van der Waals surface area (Å²) in [7, 11) is 1.38. The van der Waals surface area contributed by atoms with Crippen LogP contribution in [0.25, 0.3) is 0 Å². The monoisotopic (exact) mass is 202 g/mol. The van der Waals surface area contributed by atoms with Crippen LogP contribution in [-0.2, 0) is 9.53 Å². The molecule has 0 amide bonds.